The topological polar surface area (TPSA) is 127 Å². The minimum atomic E-state index is -1.14. The van der Waals surface area contributed by atoms with Crippen molar-refractivity contribution in [3.63, 3.8) is 0 Å². The lowest BCUT2D eigenvalue weighted by Crippen LogP contribution is -2.30. The van der Waals surface area contributed by atoms with Crippen LogP contribution in [0, 0.1) is 22.9 Å². The van der Waals surface area contributed by atoms with Gasteiger partial charge in [-0.05, 0) is 55.0 Å². The van der Waals surface area contributed by atoms with Gasteiger partial charge in [-0.25, -0.2) is 9.37 Å². The lowest BCUT2D eigenvalue weighted by molar-refractivity contribution is -0.384. The molecule has 0 fully saturated rings. The largest absolute Gasteiger partial charge is 0.503 e. The molecule has 0 unspecified atom stereocenters. The highest BCUT2D eigenvalue weighted by molar-refractivity contribution is 7.22. The van der Waals surface area contributed by atoms with Crippen molar-refractivity contribution in [2.24, 2.45) is 0 Å². The summed E-state index contributed by atoms with van der Waals surface area (Å²) >= 11 is 1.01. The number of halogens is 1. The molecule has 11 heteroatoms. The minimum absolute atomic E-state index is 0.0769. The summed E-state index contributed by atoms with van der Waals surface area (Å²) in [4.78, 5) is 42.5. The molecular formula is C23H14FN3O6S. The van der Waals surface area contributed by atoms with Crippen LogP contribution in [-0.4, -0.2) is 26.7 Å². The van der Waals surface area contributed by atoms with E-state index in [1.807, 2.05) is 0 Å². The molecule has 0 saturated carbocycles. The number of aromatic nitrogens is 1. The van der Waals surface area contributed by atoms with Crippen molar-refractivity contribution in [3.05, 3.63) is 98.9 Å². The number of furan rings is 1. The van der Waals surface area contributed by atoms with Gasteiger partial charge in [0.2, 0.25) is 5.78 Å². The SMILES string of the molecule is Cc1ccc(C(=O)C2=C(O)C(=O)N(c3nc4ccc(F)cc4s3)[C@@H]2c2ccc([N+](=O)[O-])cc2)o1. The smallest absolute Gasteiger partial charge is 0.296 e. The molecule has 5 rings (SSSR count). The van der Waals surface area contributed by atoms with Gasteiger partial charge in [0.25, 0.3) is 11.6 Å². The number of ketones is 1. The fraction of sp³-hybridized carbons (Fsp3) is 0.0870. The van der Waals surface area contributed by atoms with Gasteiger partial charge in [0.05, 0.1) is 26.8 Å². The summed E-state index contributed by atoms with van der Waals surface area (Å²) in [5, 5.41) is 22.0. The van der Waals surface area contributed by atoms with E-state index in [1.54, 1.807) is 13.0 Å². The summed E-state index contributed by atoms with van der Waals surface area (Å²) in [6.07, 6.45) is 0. The first kappa shape index (κ1) is 21.5. The van der Waals surface area contributed by atoms with Crippen LogP contribution in [0.5, 0.6) is 0 Å². The first-order valence-electron chi connectivity index (χ1n) is 9.93. The summed E-state index contributed by atoms with van der Waals surface area (Å²) in [6, 6.07) is 11.1. The predicted octanol–water partition coefficient (Wildman–Crippen LogP) is 5.03. The van der Waals surface area contributed by atoms with Gasteiger partial charge >= 0.3 is 0 Å². The summed E-state index contributed by atoms with van der Waals surface area (Å²) < 4.78 is 19.6. The molecule has 0 aliphatic carbocycles. The van der Waals surface area contributed by atoms with Gasteiger partial charge in [0.15, 0.2) is 16.7 Å². The van der Waals surface area contributed by atoms with Gasteiger partial charge in [-0.1, -0.05) is 11.3 Å². The number of nitro benzene ring substituents is 1. The van der Waals surface area contributed by atoms with Crippen LogP contribution in [0.25, 0.3) is 10.2 Å². The first-order chi connectivity index (χ1) is 16.2. The van der Waals surface area contributed by atoms with E-state index in [9.17, 15) is 29.2 Å². The molecule has 1 atom stereocenters. The Morgan fingerprint density at radius 2 is 1.94 bits per heavy atom. The zero-order valence-corrected chi connectivity index (χ0v) is 18.2. The van der Waals surface area contributed by atoms with E-state index in [4.69, 9.17) is 4.42 Å². The Kier molecular flexibility index (Phi) is 4.98. The molecule has 34 heavy (non-hydrogen) atoms. The Labute approximate surface area is 194 Å². The Hall–Kier alpha value is -4.38. The number of hydrogen-bond acceptors (Lipinski definition) is 8. The molecule has 0 spiro atoms. The number of aliphatic hydroxyl groups is 1. The van der Waals surface area contributed by atoms with Crippen LogP contribution in [0.15, 0.2) is 70.3 Å². The van der Waals surface area contributed by atoms with E-state index in [-0.39, 0.29) is 22.2 Å². The van der Waals surface area contributed by atoms with Crippen molar-refractivity contribution in [2.75, 3.05) is 4.90 Å². The fourth-order valence-corrected chi connectivity index (χ4v) is 4.82. The first-order valence-corrected chi connectivity index (χ1v) is 10.7. The van der Waals surface area contributed by atoms with Gasteiger partial charge in [-0.2, -0.15) is 0 Å². The molecule has 1 aliphatic heterocycles. The third-order valence-electron chi connectivity index (χ3n) is 5.38. The molecule has 1 N–H and O–H groups in total. The van der Waals surface area contributed by atoms with Crippen molar-refractivity contribution in [3.8, 4) is 0 Å². The monoisotopic (exact) mass is 479 g/mol. The number of amides is 1. The standard InChI is InChI=1S/C23H14FN3O6S/c1-11-2-9-16(33-11)20(28)18-19(12-3-6-14(7-4-12)27(31)32)26(22(30)21(18)29)23-25-15-8-5-13(24)10-17(15)34-23/h2-10,19,29H,1H3/t19-/m1/s1. The number of rotatable bonds is 5. The van der Waals surface area contributed by atoms with E-state index in [1.165, 1.54) is 48.5 Å². The number of hydrogen-bond donors (Lipinski definition) is 1. The highest BCUT2D eigenvalue weighted by Gasteiger charge is 2.46. The maximum absolute atomic E-state index is 13.7. The predicted molar refractivity (Wildman–Crippen MR) is 120 cm³/mol. The quantitative estimate of drug-likeness (QED) is 0.242. The molecule has 4 aromatic rings. The summed E-state index contributed by atoms with van der Waals surface area (Å²) in [5.41, 5.74) is 0.328. The van der Waals surface area contributed by atoms with Gasteiger partial charge in [-0.15, -0.1) is 0 Å². The fourth-order valence-electron chi connectivity index (χ4n) is 3.81. The van der Waals surface area contributed by atoms with Gasteiger partial charge < -0.3 is 9.52 Å². The van der Waals surface area contributed by atoms with Crippen LogP contribution < -0.4 is 4.90 Å². The molecule has 1 aliphatic rings. The average Bonchev–Trinajstić information content (AvgIpc) is 3.49. The maximum atomic E-state index is 13.7. The molecule has 2 aromatic heterocycles. The number of anilines is 1. The summed E-state index contributed by atoms with van der Waals surface area (Å²) in [7, 11) is 0. The number of aliphatic hydroxyl groups excluding tert-OH is 1. The molecular weight excluding hydrogens is 465 g/mol. The Morgan fingerprint density at radius 1 is 1.21 bits per heavy atom. The third kappa shape index (κ3) is 3.42. The number of nitro groups is 1. The lowest BCUT2D eigenvalue weighted by atomic mass is 9.95. The molecule has 9 nitrogen and oxygen atoms in total. The number of carbonyl (C=O) groups excluding carboxylic acids is 2. The van der Waals surface area contributed by atoms with Gasteiger partial charge in [0, 0.05) is 12.1 Å². The van der Waals surface area contributed by atoms with Crippen molar-refractivity contribution in [2.45, 2.75) is 13.0 Å². The molecule has 170 valence electrons. The molecule has 1 amide bonds. The number of carbonyl (C=O) groups is 2. The zero-order chi connectivity index (χ0) is 24.1. The van der Waals surface area contributed by atoms with Gasteiger partial charge in [0.1, 0.15) is 11.6 Å². The highest BCUT2D eigenvalue weighted by atomic mass is 32.1. The lowest BCUT2D eigenvalue weighted by Gasteiger charge is -2.24. The van der Waals surface area contributed by atoms with E-state index >= 15 is 0 Å². The minimum Gasteiger partial charge on any atom is -0.503 e. The number of fused-ring (bicyclic) bond motifs is 1. The van der Waals surface area contributed by atoms with Crippen LogP contribution >= 0.6 is 11.3 Å². The van der Waals surface area contributed by atoms with Crippen LogP contribution in [0.4, 0.5) is 15.2 Å². The van der Waals surface area contributed by atoms with Crippen molar-refractivity contribution in [1.29, 1.82) is 0 Å². The second-order valence-electron chi connectivity index (χ2n) is 7.54. The van der Waals surface area contributed by atoms with E-state index in [0.717, 1.165) is 16.2 Å². The average molecular weight is 479 g/mol. The Balaban J connectivity index is 1.67. The normalized spacial score (nSPS) is 16.0. The summed E-state index contributed by atoms with van der Waals surface area (Å²) in [5.74, 6) is -2.47. The van der Waals surface area contributed by atoms with Crippen LogP contribution in [0.2, 0.25) is 0 Å². The van der Waals surface area contributed by atoms with Crippen LogP contribution in [0.3, 0.4) is 0 Å². The Morgan fingerprint density at radius 3 is 2.59 bits per heavy atom. The van der Waals surface area contributed by atoms with Crippen LogP contribution in [-0.2, 0) is 4.79 Å². The molecule has 0 saturated heterocycles. The van der Waals surface area contributed by atoms with Gasteiger partial charge in [-0.3, -0.25) is 24.6 Å². The van der Waals surface area contributed by atoms with Crippen LogP contribution in [0.1, 0.15) is 27.9 Å². The second kappa shape index (κ2) is 7.89. The second-order valence-corrected chi connectivity index (χ2v) is 8.55. The van der Waals surface area contributed by atoms with Crippen molar-refractivity contribution >= 4 is 44.1 Å². The van der Waals surface area contributed by atoms with Crippen molar-refractivity contribution in [1.82, 2.24) is 4.98 Å². The zero-order valence-electron chi connectivity index (χ0n) is 17.4. The van der Waals surface area contributed by atoms with E-state index < -0.39 is 34.2 Å². The highest BCUT2D eigenvalue weighted by Crippen LogP contribution is 2.44. The number of thiazole rings is 1. The number of non-ortho nitro benzene ring substituents is 1. The number of Topliss-reactive ketones (excluding diaryl/α,β-unsaturated/α-hetero) is 1. The van der Waals surface area contributed by atoms with Crippen molar-refractivity contribution < 1.29 is 28.4 Å². The Bertz CT molecular complexity index is 1520. The number of nitrogens with zero attached hydrogens (tertiary/aromatic N) is 3. The molecule has 0 radical (unpaired) electrons. The van der Waals surface area contributed by atoms with E-state index in [2.05, 4.69) is 4.98 Å². The number of benzene rings is 2. The third-order valence-corrected chi connectivity index (χ3v) is 6.40. The maximum Gasteiger partial charge on any atom is 0.296 e. The summed E-state index contributed by atoms with van der Waals surface area (Å²) in [6.45, 7) is 1.64. The molecule has 2 aromatic carbocycles. The molecule has 0 bridgehead atoms. The van der Waals surface area contributed by atoms with E-state index in [0.29, 0.717) is 21.5 Å². The number of aryl methyl sites for hydroxylation is 1. The molecule has 3 heterocycles.